The monoisotopic (exact) mass is 332 g/mol. The fourth-order valence-corrected chi connectivity index (χ4v) is 3.43. The molecule has 0 amide bonds. The lowest BCUT2D eigenvalue weighted by Crippen LogP contribution is -2.48. The summed E-state index contributed by atoms with van der Waals surface area (Å²) in [7, 11) is 4.81. The van der Waals surface area contributed by atoms with Crippen LogP contribution in [0, 0.1) is 0 Å². The van der Waals surface area contributed by atoms with Gasteiger partial charge in [0, 0.05) is 6.42 Å². The molecule has 1 nitrogen and oxygen atoms in total. The number of likely N-dealkylation sites (N-methyl/N-ethyl adjacent to an activating group) is 1. The van der Waals surface area contributed by atoms with Crippen LogP contribution in [0.4, 0.5) is 0 Å². The van der Waals surface area contributed by atoms with Crippen LogP contribution in [0.15, 0.2) is 30.3 Å². The fraction of sp³-hybridized carbons (Fsp3) is 0.739. The Morgan fingerprint density at radius 2 is 1.25 bits per heavy atom. The van der Waals surface area contributed by atoms with E-state index in [1.54, 1.807) is 0 Å². The van der Waals surface area contributed by atoms with Crippen molar-refractivity contribution in [2.75, 3.05) is 20.6 Å². The van der Waals surface area contributed by atoms with Gasteiger partial charge >= 0.3 is 0 Å². The normalized spacial score (nSPS) is 13.2. The highest BCUT2D eigenvalue weighted by Gasteiger charge is 2.23. The first kappa shape index (κ1) is 21.2. The molecule has 0 saturated heterocycles. The fourth-order valence-electron chi connectivity index (χ4n) is 3.43. The van der Waals surface area contributed by atoms with Crippen molar-refractivity contribution >= 4 is 0 Å². The van der Waals surface area contributed by atoms with E-state index >= 15 is 0 Å². The van der Waals surface area contributed by atoms with Gasteiger partial charge in [0.15, 0.2) is 0 Å². The van der Waals surface area contributed by atoms with Crippen LogP contribution < -0.4 is 0 Å². The molecular formula is C23H42N+. The Kier molecular flexibility index (Phi) is 11.1. The molecule has 0 fully saturated rings. The van der Waals surface area contributed by atoms with E-state index in [1.165, 1.54) is 82.7 Å². The number of nitrogens with zero attached hydrogens (tertiary/aromatic N) is 1. The van der Waals surface area contributed by atoms with Crippen molar-refractivity contribution in [2.24, 2.45) is 0 Å². The largest absolute Gasteiger partial charge is 0.326 e. The molecule has 0 saturated carbocycles. The molecule has 0 aliphatic carbocycles. The van der Waals surface area contributed by atoms with Crippen LogP contribution >= 0.6 is 0 Å². The zero-order chi connectivity index (χ0) is 17.7. The van der Waals surface area contributed by atoms with E-state index in [2.05, 4.69) is 58.3 Å². The minimum atomic E-state index is 0.686. The average molecular weight is 333 g/mol. The molecule has 1 aromatic carbocycles. The third-order valence-electron chi connectivity index (χ3n) is 5.66. The highest BCUT2D eigenvalue weighted by atomic mass is 15.3. The van der Waals surface area contributed by atoms with Gasteiger partial charge in [-0.15, -0.1) is 0 Å². The molecule has 0 aromatic heterocycles. The SMILES string of the molecule is CCCCCCCCCCCC[N+](C)(C)[C@@H](C)Cc1ccccc1. The summed E-state index contributed by atoms with van der Waals surface area (Å²) in [5.41, 5.74) is 1.47. The van der Waals surface area contributed by atoms with Crippen molar-refractivity contribution in [3.63, 3.8) is 0 Å². The van der Waals surface area contributed by atoms with Crippen molar-refractivity contribution in [3.8, 4) is 0 Å². The van der Waals surface area contributed by atoms with Gasteiger partial charge in [0.2, 0.25) is 0 Å². The molecule has 1 heteroatoms. The Balaban J connectivity index is 2.08. The standard InChI is InChI=1S/C23H42N/c1-5-6-7-8-9-10-11-12-13-17-20-24(3,4)22(2)21-23-18-15-14-16-19-23/h14-16,18-19,22H,5-13,17,20-21H2,1-4H3/q+1/t22-/m0/s1. The molecule has 0 radical (unpaired) electrons. The molecule has 24 heavy (non-hydrogen) atoms. The van der Waals surface area contributed by atoms with Gasteiger partial charge in [-0.05, 0) is 25.3 Å². The number of hydrogen-bond acceptors (Lipinski definition) is 0. The number of rotatable bonds is 14. The predicted molar refractivity (Wildman–Crippen MR) is 108 cm³/mol. The summed E-state index contributed by atoms with van der Waals surface area (Å²) in [6.07, 6.45) is 15.4. The second-order valence-corrected chi connectivity index (χ2v) is 8.22. The summed E-state index contributed by atoms with van der Waals surface area (Å²) < 4.78 is 1.14. The lowest BCUT2D eigenvalue weighted by Gasteiger charge is -2.36. The van der Waals surface area contributed by atoms with Gasteiger partial charge in [-0.2, -0.15) is 0 Å². The third kappa shape index (κ3) is 9.47. The topological polar surface area (TPSA) is 0 Å². The first-order valence-corrected chi connectivity index (χ1v) is 10.4. The van der Waals surface area contributed by atoms with E-state index in [4.69, 9.17) is 0 Å². The van der Waals surface area contributed by atoms with E-state index in [0.717, 1.165) is 4.48 Å². The van der Waals surface area contributed by atoms with Crippen LogP contribution in [0.2, 0.25) is 0 Å². The Hall–Kier alpha value is -0.820. The van der Waals surface area contributed by atoms with Gasteiger partial charge in [-0.25, -0.2) is 0 Å². The number of quaternary nitrogens is 1. The van der Waals surface area contributed by atoms with E-state index in [-0.39, 0.29) is 0 Å². The highest BCUT2D eigenvalue weighted by Crippen LogP contribution is 2.16. The molecule has 1 aromatic rings. The molecule has 138 valence electrons. The maximum Gasteiger partial charge on any atom is 0.0898 e. The van der Waals surface area contributed by atoms with Gasteiger partial charge in [0.1, 0.15) is 0 Å². The second kappa shape index (κ2) is 12.5. The summed E-state index contributed by atoms with van der Waals surface area (Å²) in [4.78, 5) is 0. The number of unbranched alkanes of at least 4 members (excludes halogenated alkanes) is 9. The molecule has 0 aliphatic heterocycles. The summed E-state index contributed by atoms with van der Waals surface area (Å²) in [5, 5.41) is 0. The molecule has 0 heterocycles. The Morgan fingerprint density at radius 1 is 0.750 bits per heavy atom. The molecule has 0 aliphatic rings. The maximum absolute atomic E-state index is 2.41. The predicted octanol–water partition coefficient (Wildman–Crippen LogP) is 6.61. The molecule has 0 bridgehead atoms. The molecule has 1 rings (SSSR count). The van der Waals surface area contributed by atoms with E-state index in [1.807, 2.05) is 0 Å². The van der Waals surface area contributed by atoms with Crippen molar-refractivity contribution in [2.45, 2.75) is 90.5 Å². The summed E-state index contributed by atoms with van der Waals surface area (Å²) >= 11 is 0. The summed E-state index contributed by atoms with van der Waals surface area (Å²) in [6.45, 7) is 6.01. The minimum absolute atomic E-state index is 0.686. The first-order chi connectivity index (χ1) is 11.6. The Morgan fingerprint density at radius 3 is 1.79 bits per heavy atom. The van der Waals surface area contributed by atoms with Crippen LogP contribution in [0.3, 0.4) is 0 Å². The first-order valence-electron chi connectivity index (χ1n) is 10.4. The van der Waals surface area contributed by atoms with Gasteiger partial charge in [-0.3, -0.25) is 0 Å². The third-order valence-corrected chi connectivity index (χ3v) is 5.66. The quantitative estimate of drug-likeness (QED) is 0.265. The van der Waals surface area contributed by atoms with Crippen molar-refractivity contribution in [3.05, 3.63) is 35.9 Å². The van der Waals surface area contributed by atoms with E-state index < -0.39 is 0 Å². The van der Waals surface area contributed by atoms with Crippen molar-refractivity contribution in [1.29, 1.82) is 0 Å². The van der Waals surface area contributed by atoms with E-state index in [9.17, 15) is 0 Å². The smallest absolute Gasteiger partial charge is 0.0898 e. The highest BCUT2D eigenvalue weighted by molar-refractivity contribution is 5.15. The van der Waals surface area contributed by atoms with Crippen LogP contribution in [-0.4, -0.2) is 31.2 Å². The van der Waals surface area contributed by atoms with Gasteiger partial charge in [0.05, 0.1) is 26.7 Å². The van der Waals surface area contributed by atoms with Crippen LogP contribution in [0.5, 0.6) is 0 Å². The Bertz CT molecular complexity index is 396. The van der Waals surface area contributed by atoms with Gasteiger partial charge in [-0.1, -0.05) is 88.6 Å². The van der Waals surface area contributed by atoms with Crippen molar-refractivity contribution < 1.29 is 4.48 Å². The summed E-state index contributed by atoms with van der Waals surface area (Å²) in [6, 6.07) is 11.6. The van der Waals surface area contributed by atoms with Crippen LogP contribution in [0.1, 0.15) is 83.6 Å². The number of hydrogen-bond donors (Lipinski definition) is 0. The van der Waals surface area contributed by atoms with Crippen LogP contribution in [0.25, 0.3) is 0 Å². The molecule has 0 N–H and O–H groups in total. The maximum atomic E-state index is 2.41. The van der Waals surface area contributed by atoms with Crippen LogP contribution in [-0.2, 0) is 6.42 Å². The minimum Gasteiger partial charge on any atom is -0.326 e. The molecular weight excluding hydrogens is 290 g/mol. The van der Waals surface area contributed by atoms with Crippen molar-refractivity contribution in [1.82, 2.24) is 0 Å². The van der Waals surface area contributed by atoms with E-state index in [0.29, 0.717) is 6.04 Å². The second-order valence-electron chi connectivity index (χ2n) is 8.22. The summed E-state index contributed by atoms with van der Waals surface area (Å²) in [5.74, 6) is 0. The van der Waals surface area contributed by atoms with Gasteiger partial charge in [0.25, 0.3) is 0 Å². The zero-order valence-electron chi connectivity index (χ0n) is 16.9. The number of benzene rings is 1. The molecule has 0 unspecified atom stereocenters. The molecule has 0 spiro atoms. The average Bonchev–Trinajstić information content (AvgIpc) is 2.57. The lowest BCUT2D eigenvalue weighted by atomic mass is 10.0. The lowest BCUT2D eigenvalue weighted by molar-refractivity contribution is -0.913. The van der Waals surface area contributed by atoms with Gasteiger partial charge < -0.3 is 4.48 Å². The molecule has 1 atom stereocenters. The zero-order valence-corrected chi connectivity index (χ0v) is 16.9. The Labute approximate surface area is 152 Å².